The van der Waals surface area contributed by atoms with Crippen LogP contribution in [-0.2, 0) is 0 Å². The second-order valence-electron chi connectivity index (χ2n) is 2.27. The predicted molar refractivity (Wildman–Crippen MR) is 41.6 cm³/mol. The maximum atomic E-state index is 10.1. The zero-order valence-corrected chi connectivity index (χ0v) is 6.41. The maximum Gasteiger partial charge on any atom is 0.513 e. The van der Waals surface area contributed by atoms with E-state index in [-0.39, 0.29) is 6.01 Å². The summed E-state index contributed by atoms with van der Waals surface area (Å²) in [5.74, 6) is 0. The van der Waals surface area contributed by atoms with Crippen molar-refractivity contribution < 1.29 is 14.6 Å². The molecule has 0 unspecified atom stereocenters. The van der Waals surface area contributed by atoms with E-state index in [2.05, 4.69) is 14.8 Å². The lowest BCUT2D eigenvalue weighted by atomic mass is 10.5. The fourth-order valence-electron chi connectivity index (χ4n) is 0.932. The minimum absolute atomic E-state index is 0.168. The summed E-state index contributed by atoms with van der Waals surface area (Å²) >= 11 is 0. The van der Waals surface area contributed by atoms with Gasteiger partial charge in [0.15, 0.2) is 5.65 Å². The summed E-state index contributed by atoms with van der Waals surface area (Å²) in [7, 11) is 0. The van der Waals surface area contributed by atoms with Gasteiger partial charge < -0.3 is 9.84 Å². The number of aromatic nitrogens is 3. The Morgan fingerprint density at radius 3 is 3.08 bits per heavy atom. The lowest BCUT2D eigenvalue weighted by molar-refractivity contribution is 0.140. The molecule has 0 aliphatic heterocycles. The molecule has 6 heteroatoms. The highest BCUT2D eigenvalue weighted by molar-refractivity contribution is 5.60. The van der Waals surface area contributed by atoms with Gasteiger partial charge in [-0.25, -0.2) is 9.31 Å². The number of pyridine rings is 1. The van der Waals surface area contributed by atoms with Crippen molar-refractivity contribution in [2.75, 3.05) is 0 Å². The number of nitrogens with zero attached hydrogens (tertiary/aromatic N) is 3. The van der Waals surface area contributed by atoms with Crippen LogP contribution in [0.3, 0.4) is 0 Å². The largest absolute Gasteiger partial charge is 0.513 e. The van der Waals surface area contributed by atoms with Gasteiger partial charge in [0.05, 0.1) is 0 Å². The molecule has 2 aromatic heterocycles. The average molecular weight is 179 g/mol. The molecule has 0 fully saturated rings. The topological polar surface area (TPSA) is 76.7 Å². The molecule has 0 aliphatic carbocycles. The van der Waals surface area contributed by atoms with Crippen LogP contribution >= 0.6 is 0 Å². The predicted octanol–water partition coefficient (Wildman–Crippen LogP) is 0.786. The number of carboxylic acid groups (broad SMARTS) is 1. The van der Waals surface area contributed by atoms with Crippen molar-refractivity contribution in [1.29, 1.82) is 0 Å². The summed E-state index contributed by atoms with van der Waals surface area (Å²) < 4.78 is 5.70. The van der Waals surface area contributed by atoms with Crippen LogP contribution in [0.2, 0.25) is 0 Å². The number of rotatable bonds is 1. The highest BCUT2D eigenvalue weighted by atomic mass is 16.7. The molecule has 0 bridgehead atoms. The van der Waals surface area contributed by atoms with Crippen LogP contribution in [0.15, 0.2) is 24.4 Å². The molecule has 0 saturated heterocycles. The van der Waals surface area contributed by atoms with Crippen LogP contribution in [0.5, 0.6) is 6.01 Å². The van der Waals surface area contributed by atoms with Crippen LogP contribution in [-0.4, -0.2) is 25.9 Å². The average Bonchev–Trinajstić information content (AvgIpc) is 2.44. The van der Waals surface area contributed by atoms with Gasteiger partial charge in [-0.1, -0.05) is 6.07 Å². The molecule has 0 saturated carbocycles. The van der Waals surface area contributed by atoms with Crippen LogP contribution < -0.4 is 4.74 Å². The molecule has 2 heterocycles. The van der Waals surface area contributed by atoms with Gasteiger partial charge in [-0.3, -0.25) is 0 Å². The van der Waals surface area contributed by atoms with Crippen LogP contribution in [0, 0.1) is 0 Å². The van der Waals surface area contributed by atoms with Gasteiger partial charge in [0.2, 0.25) is 0 Å². The molecule has 66 valence electrons. The summed E-state index contributed by atoms with van der Waals surface area (Å²) in [4.78, 5) is 13.9. The van der Waals surface area contributed by atoms with E-state index in [4.69, 9.17) is 5.11 Å². The van der Waals surface area contributed by atoms with E-state index in [1.54, 1.807) is 24.4 Å². The van der Waals surface area contributed by atoms with Crippen LogP contribution in [0.25, 0.3) is 5.65 Å². The zero-order valence-electron chi connectivity index (χ0n) is 6.41. The lowest BCUT2D eigenvalue weighted by Gasteiger charge is -1.87. The molecule has 0 spiro atoms. The molecule has 0 atom stereocenters. The van der Waals surface area contributed by atoms with Crippen molar-refractivity contribution in [2.45, 2.75) is 0 Å². The molecule has 0 aliphatic rings. The Labute approximate surface area is 72.4 Å². The third-order valence-electron chi connectivity index (χ3n) is 1.40. The standard InChI is InChI=1S/C7H5N3O3/c11-7(12)13-6-8-5-3-1-2-4-10(5)9-6/h1-4H,(H,11,12). The van der Waals surface area contributed by atoms with E-state index < -0.39 is 6.16 Å². The Morgan fingerprint density at radius 2 is 2.38 bits per heavy atom. The summed E-state index contributed by atoms with van der Waals surface area (Å²) in [6, 6.07) is 5.06. The third kappa shape index (κ3) is 1.41. The molecular weight excluding hydrogens is 174 g/mol. The third-order valence-corrected chi connectivity index (χ3v) is 1.40. The highest BCUT2D eigenvalue weighted by Crippen LogP contribution is 2.06. The highest BCUT2D eigenvalue weighted by Gasteiger charge is 2.06. The minimum Gasteiger partial charge on any atom is -0.449 e. The second kappa shape index (κ2) is 2.74. The van der Waals surface area contributed by atoms with E-state index in [0.717, 1.165) is 0 Å². The van der Waals surface area contributed by atoms with Crippen LogP contribution in [0.4, 0.5) is 4.79 Å². The van der Waals surface area contributed by atoms with Gasteiger partial charge in [-0.15, -0.1) is 5.10 Å². The molecule has 0 radical (unpaired) electrons. The van der Waals surface area contributed by atoms with E-state index >= 15 is 0 Å². The molecule has 1 N–H and O–H groups in total. The Balaban J connectivity index is 2.44. The fraction of sp³-hybridized carbons (Fsp3) is 0. The first-order valence-corrected chi connectivity index (χ1v) is 3.48. The van der Waals surface area contributed by atoms with E-state index in [9.17, 15) is 4.79 Å². The first-order chi connectivity index (χ1) is 6.25. The first-order valence-electron chi connectivity index (χ1n) is 3.48. The van der Waals surface area contributed by atoms with Crippen LogP contribution in [0.1, 0.15) is 0 Å². The van der Waals surface area contributed by atoms with Gasteiger partial charge in [0, 0.05) is 6.20 Å². The molecular formula is C7H5N3O3. The van der Waals surface area contributed by atoms with Crippen molar-refractivity contribution in [2.24, 2.45) is 0 Å². The maximum absolute atomic E-state index is 10.1. The number of carbonyl (C=O) groups is 1. The molecule has 0 amide bonds. The van der Waals surface area contributed by atoms with Crippen molar-refractivity contribution in [3.63, 3.8) is 0 Å². The number of fused-ring (bicyclic) bond motifs is 1. The van der Waals surface area contributed by atoms with Gasteiger partial charge >= 0.3 is 12.2 Å². The Hall–Kier alpha value is -2.11. The molecule has 6 nitrogen and oxygen atoms in total. The van der Waals surface area contributed by atoms with Crippen molar-refractivity contribution in [3.05, 3.63) is 24.4 Å². The fourth-order valence-corrected chi connectivity index (χ4v) is 0.932. The Bertz CT molecular complexity index is 418. The Kier molecular flexibility index (Phi) is 1.59. The van der Waals surface area contributed by atoms with Crippen molar-refractivity contribution >= 4 is 11.8 Å². The van der Waals surface area contributed by atoms with Gasteiger partial charge in [0.25, 0.3) is 0 Å². The number of hydrogen-bond donors (Lipinski definition) is 1. The van der Waals surface area contributed by atoms with Gasteiger partial charge in [-0.2, -0.15) is 4.98 Å². The van der Waals surface area contributed by atoms with Gasteiger partial charge in [-0.05, 0) is 12.1 Å². The first kappa shape index (κ1) is 7.53. The Morgan fingerprint density at radius 1 is 1.54 bits per heavy atom. The van der Waals surface area contributed by atoms with E-state index in [1.807, 2.05) is 0 Å². The minimum atomic E-state index is -1.42. The number of hydrogen-bond acceptors (Lipinski definition) is 4. The summed E-state index contributed by atoms with van der Waals surface area (Å²) in [6.07, 6.45) is 0.229. The monoisotopic (exact) mass is 179 g/mol. The van der Waals surface area contributed by atoms with Crippen molar-refractivity contribution in [3.8, 4) is 6.01 Å². The summed E-state index contributed by atoms with van der Waals surface area (Å²) in [6.45, 7) is 0. The quantitative estimate of drug-likeness (QED) is 0.654. The smallest absolute Gasteiger partial charge is 0.449 e. The number of ether oxygens (including phenoxy) is 1. The zero-order chi connectivity index (χ0) is 9.26. The lowest BCUT2D eigenvalue weighted by Crippen LogP contribution is -2.04. The molecule has 2 rings (SSSR count). The van der Waals surface area contributed by atoms with E-state index in [1.165, 1.54) is 4.52 Å². The second-order valence-corrected chi connectivity index (χ2v) is 2.27. The normalized spacial score (nSPS) is 10.2. The summed E-state index contributed by atoms with van der Waals surface area (Å²) in [5, 5.41) is 12.0. The molecule has 2 aromatic rings. The summed E-state index contributed by atoms with van der Waals surface area (Å²) in [5.41, 5.74) is 0.541. The van der Waals surface area contributed by atoms with Gasteiger partial charge in [0.1, 0.15) is 0 Å². The molecule has 0 aromatic carbocycles. The SMILES string of the molecule is O=C(O)Oc1nc2ccccn2n1. The molecule has 13 heavy (non-hydrogen) atoms. The van der Waals surface area contributed by atoms with E-state index in [0.29, 0.717) is 5.65 Å². The van der Waals surface area contributed by atoms with Crippen molar-refractivity contribution in [1.82, 2.24) is 14.6 Å².